The Labute approximate surface area is 142 Å². The number of carbonyl (C=O) groups is 2. The summed E-state index contributed by atoms with van der Waals surface area (Å²) in [7, 11) is 1.97. The van der Waals surface area contributed by atoms with Crippen molar-refractivity contribution in [1.82, 2.24) is 5.32 Å². The van der Waals surface area contributed by atoms with Crippen molar-refractivity contribution in [1.29, 1.82) is 0 Å². The fraction of sp³-hybridized carbons (Fsp3) is 0.600. The zero-order valence-electron chi connectivity index (χ0n) is 15.7. The topological polar surface area (TPSA) is 46.2 Å². The van der Waals surface area contributed by atoms with Gasteiger partial charge in [0.05, 0.1) is 0 Å². The molecule has 1 aromatic rings. The van der Waals surface area contributed by atoms with Crippen molar-refractivity contribution in [2.24, 2.45) is 0 Å². The number of rotatable bonds is 10. The lowest BCUT2D eigenvalue weighted by atomic mass is 10.0. The summed E-state index contributed by atoms with van der Waals surface area (Å²) >= 11 is 0. The number of Topliss-reactive ketones (excluding diaryl/α,β-unsaturated/α-hetero) is 1. The van der Waals surface area contributed by atoms with Crippen LogP contribution in [0.1, 0.15) is 86.9 Å². The second-order valence-electron chi connectivity index (χ2n) is 4.78. The minimum atomic E-state index is 0.174. The molecule has 23 heavy (non-hydrogen) atoms. The number of hydrogen-bond acceptors (Lipinski definition) is 3. The maximum Gasteiger partial charge on any atom is 0.162 e. The summed E-state index contributed by atoms with van der Waals surface area (Å²) < 4.78 is 0. The van der Waals surface area contributed by atoms with Crippen LogP contribution in [0.15, 0.2) is 24.3 Å². The zero-order chi connectivity index (χ0) is 17.9. The summed E-state index contributed by atoms with van der Waals surface area (Å²) in [6, 6.07) is 6.86. The zero-order valence-corrected chi connectivity index (χ0v) is 15.7. The number of carbonyl (C=O) groups excluding carboxylic acids is 2. The smallest absolute Gasteiger partial charge is 0.162 e. The molecule has 0 amide bonds. The molecule has 132 valence electrons. The average molecular weight is 322 g/mol. The fourth-order valence-corrected chi connectivity index (χ4v) is 2.01. The van der Waals surface area contributed by atoms with Crippen molar-refractivity contribution in [3.63, 3.8) is 0 Å². The molecule has 0 atom stereocenters. The lowest BCUT2D eigenvalue weighted by molar-refractivity contribution is 0.0978. The van der Waals surface area contributed by atoms with Gasteiger partial charge < -0.3 is 5.32 Å². The Bertz CT molecular complexity index is 385. The minimum Gasteiger partial charge on any atom is -0.320 e. The predicted molar refractivity (Wildman–Crippen MR) is 100 cm³/mol. The van der Waals surface area contributed by atoms with E-state index in [1.54, 1.807) is 24.3 Å². The van der Waals surface area contributed by atoms with Crippen LogP contribution < -0.4 is 5.32 Å². The monoisotopic (exact) mass is 321 g/mol. The van der Waals surface area contributed by atoms with Gasteiger partial charge in [-0.1, -0.05) is 71.2 Å². The predicted octanol–water partition coefficient (Wildman–Crippen LogP) is 5.29. The van der Waals surface area contributed by atoms with Gasteiger partial charge >= 0.3 is 0 Å². The molecular formula is C20H35NO2. The molecule has 0 spiro atoms. The van der Waals surface area contributed by atoms with E-state index >= 15 is 0 Å². The van der Waals surface area contributed by atoms with E-state index in [-0.39, 0.29) is 5.78 Å². The van der Waals surface area contributed by atoms with Gasteiger partial charge in [-0.05, 0) is 26.4 Å². The highest BCUT2D eigenvalue weighted by Crippen LogP contribution is 2.10. The van der Waals surface area contributed by atoms with Gasteiger partial charge in [-0.15, -0.1) is 0 Å². The Morgan fingerprint density at radius 2 is 1.43 bits per heavy atom. The molecule has 0 radical (unpaired) electrons. The van der Waals surface area contributed by atoms with E-state index in [9.17, 15) is 9.59 Å². The van der Waals surface area contributed by atoms with Crippen LogP contribution in [0, 0.1) is 0 Å². The van der Waals surface area contributed by atoms with Crippen LogP contribution in [-0.4, -0.2) is 25.7 Å². The highest BCUT2D eigenvalue weighted by Gasteiger charge is 2.05. The van der Waals surface area contributed by atoms with Crippen LogP contribution in [0.2, 0.25) is 0 Å². The third-order valence-corrected chi connectivity index (χ3v) is 3.20. The Kier molecular flexibility index (Phi) is 19.2. The number of aldehydes is 1. The first-order valence-electron chi connectivity index (χ1n) is 9.01. The van der Waals surface area contributed by atoms with Crippen LogP contribution in [0.25, 0.3) is 0 Å². The standard InChI is InChI=1S/C16H23NO2.2C2H6/c1-17-12-6-4-2-3-5-7-16(19)15-10-8-14(13-18)9-11-15;2*1-2/h8-11,13,17H,2-7,12H2,1H3;2*1-2H3. The molecule has 0 bridgehead atoms. The molecule has 0 fully saturated rings. The summed E-state index contributed by atoms with van der Waals surface area (Å²) in [5.74, 6) is 0.174. The van der Waals surface area contributed by atoms with Gasteiger partial charge in [-0.3, -0.25) is 9.59 Å². The Morgan fingerprint density at radius 3 is 1.96 bits per heavy atom. The average Bonchev–Trinajstić information content (AvgIpc) is 2.64. The molecule has 3 nitrogen and oxygen atoms in total. The van der Waals surface area contributed by atoms with Crippen molar-refractivity contribution >= 4 is 12.1 Å². The van der Waals surface area contributed by atoms with Crippen LogP contribution in [-0.2, 0) is 0 Å². The van der Waals surface area contributed by atoms with Crippen molar-refractivity contribution in [3.8, 4) is 0 Å². The maximum atomic E-state index is 11.9. The first-order valence-corrected chi connectivity index (χ1v) is 9.01. The summed E-state index contributed by atoms with van der Waals surface area (Å²) in [6.07, 6.45) is 7.08. The highest BCUT2D eigenvalue weighted by atomic mass is 16.1. The number of unbranched alkanes of at least 4 members (excludes halogenated alkanes) is 4. The normalized spacial score (nSPS) is 9.09. The fourth-order valence-electron chi connectivity index (χ4n) is 2.01. The number of nitrogens with one attached hydrogen (secondary N) is 1. The Balaban J connectivity index is 0. The highest BCUT2D eigenvalue weighted by molar-refractivity contribution is 5.96. The van der Waals surface area contributed by atoms with E-state index in [0.29, 0.717) is 17.5 Å². The van der Waals surface area contributed by atoms with E-state index in [2.05, 4.69) is 5.32 Å². The summed E-state index contributed by atoms with van der Waals surface area (Å²) in [4.78, 5) is 22.4. The van der Waals surface area contributed by atoms with Crippen molar-refractivity contribution in [3.05, 3.63) is 35.4 Å². The van der Waals surface area contributed by atoms with Gasteiger partial charge in [0, 0.05) is 17.5 Å². The molecular weight excluding hydrogens is 286 g/mol. The van der Waals surface area contributed by atoms with Gasteiger partial charge in [0.2, 0.25) is 0 Å². The summed E-state index contributed by atoms with van der Waals surface area (Å²) in [5.41, 5.74) is 1.32. The largest absolute Gasteiger partial charge is 0.320 e. The van der Waals surface area contributed by atoms with Gasteiger partial charge in [0.15, 0.2) is 5.78 Å². The molecule has 0 aliphatic heterocycles. The van der Waals surface area contributed by atoms with Crippen LogP contribution >= 0.6 is 0 Å². The summed E-state index contributed by atoms with van der Waals surface area (Å²) in [5, 5.41) is 3.13. The minimum absolute atomic E-state index is 0.174. The SMILES string of the molecule is CC.CC.CNCCCCCCCC(=O)c1ccc(C=O)cc1. The van der Waals surface area contributed by atoms with Gasteiger partial charge in [-0.25, -0.2) is 0 Å². The molecule has 0 aliphatic rings. The Hall–Kier alpha value is -1.48. The second kappa shape index (κ2) is 18.6. The third-order valence-electron chi connectivity index (χ3n) is 3.20. The molecule has 0 saturated heterocycles. The first kappa shape index (κ1) is 23.8. The van der Waals surface area contributed by atoms with E-state index in [4.69, 9.17) is 0 Å². The molecule has 3 heteroatoms. The molecule has 1 rings (SSSR count). The van der Waals surface area contributed by atoms with Gasteiger partial charge in [-0.2, -0.15) is 0 Å². The summed E-state index contributed by atoms with van der Waals surface area (Å²) in [6.45, 7) is 9.07. The van der Waals surface area contributed by atoms with Crippen molar-refractivity contribution in [2.45, 2.75) is 66.2 Å². The molecule has 1 N–H and O–H groups in total. The van der Waals surface area contributed by atoms with E-state index in [1.165, 1.54) is 19.3 Å². The maximum absolute atomic E-state index is 11.9. The number of hydrogen-bond donors (Lipinski definition) is 1. The molecule has 0 aromatic heterocycles. The van der Waals surface area contributed by atoms with Crippen LogP contribution in [0.3, 0.4) is 0 Å². The quantitative estimate of drug-likeness (QED) is 0.361. The molecule has 0 heterocycles. The van der Waals surface area contributed by atoms with Crippen LogP contribution in [0.5, 0.6) is 0 Å². The van der Waals surface area contributed by atoms with Crippen LogP contribution in [0.4, 0.5) is 0 Å². The van der Waals surface area contributed by atoms with Gasteiger partial charge in [0.1, 0.15) is 6.29 Å². The third kappa shape index (κ3) is 12.7. The molecule has 0 saturated carbocycles. The number of benzene rings is 1. The molecule has 1 aromatic carbocycles. The van der Waals surface area contributed by atoms with Crippen molar-refractivity contribution < 1.29 is 9.59 Å². The van der Waals surface area contributed by atoms with Crippen molar-refractivity contribution in [2.75, 3.05) is 13.6 Å². The van der Waals surface area contributed by atoms with Gasteiger partial charge in [0.25, 0.3) is 0 Å². The molecule has 0 unspecified atom stereocenters. The number of ketones is 1. The Morgan fingerprint density at radius 1 is 0.913 bits per heavy atom. The lowest BCUT2D eigenvalue weighted by Gasteiger charge is -2.02. The lowest BCUT2D eigenvalue weighted by Crippen LogP contribution is -2.06. The van der Waals surface area contributed by atoms with E-state index in [0.717, 1.165) is 25.7 Å². The molecule has 0 aliphatic carbocycles. The second-order valence-corrected chi connectivity index (χ2v) is 4.78. The van der Waals surface area contributed by atoms with E-state index < -0.39 is 0 Å². The van der Waals surface area contributed by atoms with E-state index in [1.807, 2.05) is 34.7 Å². The first-order chi connectivity index (χ1) is 11.3.